The molecule has 0 aliphatic rings. The Labute approximate surface area is 102 Å². The van der Waals surface area contributed by atoms with E-state index < -0.39 is 0 Å². The summed E-state index contributed by atoms with van der Waals surface area (Å²) in [6.45, 7) is 0. The molecule has 0 spiro atoms. The van der Waals surface area contributed by atoms with Crippen LogP contribution >= 0.6 is 11.3 Å². The van der Waals surface area contributed by atoms with Crippen molar-refractivity contribution < 1.29 is 0 Å². The van der Waals surface area contributed by atoms with Crippen LogP contribution < -0.4 is 0 Å². The van der Waals surface area contributed by atoms with Crippen LogP contribution in [-0.2, 0) is 0 Å². The molecule has 0 N–H and O–H groups in total. The summed E-state index contributed by atoms with van der Waals surface area (Å²) < 4.78 is 3.82. The van der Waals surface area contributed by atoms with Gasteiger partial charge in [-0.25, -0.2) is 9.50 Å². The van der Waals surface area contributed by atoms with Crippen molar-refractivity contribution in [3.05, 3.63) is 60.8 Å². The van der Waals surface area contributed by atoms with Crippen molar-refractivity contribution in [1.82, 2.24) is 19.0 Å². The van der Waals surface area contributed by atoms with Gasteiger partial charge in [-0.1, -0.05) is 6.07 Å². The van der Waals surface area contributed by atoms with E-state index >= 15 is 0 Å². The van der Waals surface area contributed by atoms with E-state index in [-0.39, 0.29) is 0 Å². The number of nitrogens with zero attached hydrogens (tertiary/aromatic N) is 4. The van der Waals surface area contributed by atoms with Crippen LogP contribution in [0.25, 0.3) is 10.3 Å². The third-order valence-electron chi connectivity index (χ3n) is 2.35. The smallest absolute Gasteiger partial charge is 0.119 e. The largest absolute Gasteiger partial charge is 0.306 e. The van der Waals surface area contributed by atoms with Gasteiger partial charge in [0, 0.05) is 17.8 Å². The number of pyridine rings is 1. The normalized spacial score (nSPS) is 10.4. The summed E-state index contributed by atoms with van der Waals surface area (Å²) in [5.74, 6) is 0. The van der Waals surface area contributed by atoms with Gasteiger partial charge in [-0.05, 0) is 18.2 Å². The third kappa shape index (κ3) is 2.05. The second-order valence-electron chi connectivity index (χ2n) is 3.44. The average Bonchev–Trinajstić information content (AvgIpc) is 3.06. The van der Waals surface area contributed by atoms with E-state index in [1.807, 2.05) is 57.2 Å². The monoisotopic (exact) mass is 242 g/mol. The quantitative estimate of drug-likeness (QED) is 0.475. The molecule has 0 radical (unpaired) electrons. The maximum absolute atomic E-state index is 4.01. The molecule has 0 aliphatic heterocycles. The highest BCUT2D eigenvalue weighted by Gasteiger charge is 1.88. The van der Waals surface area contributed by atoms with Gasteiger partial charge in [-0.2, -0.15) is 5.10 Å². The van der Waals surface area contributed by atoms with E-state index in [1.165, 1.54) is 4.83 Å². The summed E-state index contributed by atoms with van der Waals surface area (Å²) in [6.07, 6.45) is 9.34. The molecule has 0 saturated carbocycles. The Morgan fingerprint density at radius 1 is 1.12 bits per heavy atom. The standard InChI is InChI=1S/C7H6N2.C5H4N2S/c1-2-4-9-6-8-5-7(9)3-1;1-2-6-7-3-4-8-5(1)7/h1-6H;1-4H. The van der Waals surface area contributed by atoms with Crippen LogP contribution in [0.3, 0.4) is 0 Å². The molecule has 0 aliphatic carbocycles. The predicted octanol–water partition coefficient (Wildman–Crippen LogP) is 2.73. The summed E-state index contributed by atoms with van der Waals surface area (Å²) in [5.41, 5.74) is 1.14. The zero-order chi connectivity index (χ0) is 11.5. The first kappa shape index (κ1) is 10.0. The van der Waals surface area contributed by atoms with Crippen LogP contribution in [0, 0.1) is 0 Å². The van der Waals surface area contributed by atoms with Crippen LogP contribution in [0.4, 0.5) is 0 Å². The van der Waals surface area contributed by atoms with Crippen molar-refractivity contribution in [3.63, 3.8) is 0 Å². The molecule has 0 unspecified atom stereocenters. The first-order chi connectivity index (χ1) is 8.43. The molecule has 4 nitrogen and oxygen atoms in total. The van der Waals surface area contributed by atoms with Crippen molar-refractivity contribution in [2.24, 2.45) is 0 Å². The lowest BCUT2D eigenvalue weighted by Crippen LogP contribution is -1.75. The molecule has 0 aromatic carbocycles. The van der Waals surface area contributed by atoms with Gasteiger partial charge < -0.3 is 4.40 Å². The zero-order valence-corrected chi connectivity index (χ0v) is 9.79. The second-order valence-corrected chi connectivity index (χ2v) is 4.37. The van der Waals surface area contributed by atoms with Gasteiger partial charge in [0.1, 0.15) is 4.83 Å². The highest BCUT2D eigenvalue weighted by molar-refractivity contribution is 7.15. The lowest BCUT2D eigenvalue weighted by molar-refractivity contribution is 0.978. The SMILES string of the molecule is c1cc2sccn2n1.c1ccn2cncc2c1. The van der Waals surface area contributed by atoms with Gasteiger partial charge in [-0.3, -0.25) is 0 Å². The fourth-order valence-corrected chi connectivity index (χ4v) is 2.20. The number of thiazole rings is 1. The molecule has 4 rings (SSSR count). The zero-order valence-electron chi connectivity index (χ0n) is 8.97. The Kier molecular flexibility index (Phi) is 2.59. The van der Waals surface area contributed by atoms with Gasteiger partial charge in [0.05, 0.1) is 24.2 Å². The molecule has 4 heterocycles. The molecule has 0 fully saturated rings. The number of aromatic nitrogens is 4. The van der Waals surface area contributed by atoms with E-state index in [0.29, 0.717) is 0 Å². The summed E-state index contributed by atoms with van der Waals surface area (Å²) >= 11 is 1.69. The lowest BCUT2D eigenvalue weighted by Gasteiger charge is -1.86. The summed E-state index contributed by atoms with van der Waals surface area (Å²) in [5, 5.41) is 6.02. The number of imidazole rings is 1. The van der Waals surface area contributed by atoms with Gasteiger partial charge in [-0.15, -0.1) is 11.3 Å². The topological polar surface area (TPSA) is 34.6 Å². The fraction of sp³-hybridized carbons (Fsp3) is 0. The van der Waals surface area contributed by atoms with E-state index in [1.54, 1.807) is 23.9 Å². The first-order valence-corrected chi connectivity index (χ1v) is 6.05. The molecule has 0 amide bonds. The van der Waals surface area contributed by atoms with Gasteiger partial charge in [0.25, 0.3) is 0 Å². The van der Waals surface area contributed by atoms with Crippen LogP contribution in [-0.4, -0.2) is 19.0 Å². The Hall–Kier alpha value is -2.14. The predicted molar refractivity (Wildman–Crippen MR) is 68.3 cm³/mol. The summed E-state index contributed by atoms with van der Waals surface area (Å²) in [4.78, 5) is 5.16. The van der Waals surface area contributed by atoms with Gasteiger partial charge in [0.15, 0.2) is 0 Å². The Morgan fingerprint density at radius 2 is 2.12 bits per heavy atom. The minimum absolute atomic E-state index is 1.14. The number of rotatable bonds is 0. The van der Waals surface area contributed by atoms with Crippen molar-refractivity contribution in [2.75, 3.05) is 0 Å². The highest BCUT2D eigenvalue weighted by Crippen LogP contribution is 2.07. The minimum Gasteiger partial charge on any atom is -0.306 e. The maximum atomic E-state index is 4.01. The molecule has 5 heteroatoms. The Balaban J connectivity index is 0.000000107. The van der Waals surface area contributed by atoms with E-state index in [2.05, 4.69) is 10.1 Å². The number of hydrogen-bond donors (Lipinski definition) is 0. The van der Waals surface area contributed by atoms with Crippen LogP contribution in [0.15, 0.2) is 60.8 Å². The van der Waals surface area contributed by atoms with Crippen molar-refractivity contribution in [1.29, 1.82) is 0 Å². The molecular weight excluding hydrogens is 232 g/mol. The number of fused-ring (bicyclic) bond motifs is 2. The van der Waals surface area contributed by atoms with Crippen LogP contribution in [0.5, 0.6) is 0 Å². The van der Waals surface area contributed by atoms with Crippen molar-refractivity contribution in [2.45, 2.75) is 0 Å². The van der Waals surface area contributed by atoms with Crippen LogP contribution in [0.1, 0.15) is 0 Å². The van der Waals surface area contributed by atoms with Crippen molar-refractivity contribution >= 4 is 21.7 Å². The van der Waals surface area contributed by atoms with Crippen molar-refractivity contribution in [3.8, 4) is 0 Å². The molecule has 4 aromatic rings. The molecular formula is C12H10N4S. The fourth-order valence-electron chi connectivity index (χ4n) is 1.53. The van der Waals surface area contributed by atoms with Gasteiger partial charge in [0.2, 0.25) is 0 Å². The Bertz CT molecular complexity index is 640. The summed E-state index contributed by atoms with van der Waals surface area (Å²) in [7, 11) is 0. The molecule has 0 saturated heterocycles. The number of hydrogen-bond acceptors (Lipinski definition) is 3. The molecule has 4 aromatic heterocycles. The molecule has 0 atom stereocenters. The van der Waals surface area contributed by atoms with E-state index in [4.69, 9.17) is 0 Å². The molecule has 17 heavy (non-hydrogen) atoms. The van der Waals surface area contributed by atoms with E-state index in [0.717, 1.165) is 5.52 Å². The Morgan fingerprint density at radius 3 is 3.00 bits per heavy atom. The van der Waals surface area contributed by atoms with Gasteiger partial charge >= 0.3 is 0 Å². The van der Waals surface area contributed by atoms with E-state index in [9.17, 15) is 0 Å². The average molecular weight is 242 g/mol. The lowest BCUT2D eigenvalue weighted by atomic mass is 10.4. The second kappa shape index (κ2) is 4.39. The highest BCUT2D eigenvalue weighted by atomic mass is 32.1. The summed E-state index contributed by atoms with van der Waals surface area (Å²) in [6, 6.07) is 7.99. The first-order valence-electron chi connectivity index (χ1n) is 5.17. The third-order valence-corrected chi connectivity index (χ3v) is 3.17. The minimum atomic E-state index is 1.14. The van der Waals surface area contributed by atoms with Crippen LogP contribution in [0.2, 0.25) is 0 Å². The maximum Gasteiger partial charge on any atom is 0.119 e. The molecule has 84 valence electrons. The molecule has 0 bridgehead atoms.